The Morgan fingerprint density at radius 3 is 2.94 bits per heavy atom. The molecule has 3 atom stereocenters. The van der Waals surface area contributed by atoms with E-state index in [0.717, 1.165) is 6.04 Å². The molecule has 2 heterocycles. The average Bonchev–Trinajstić information content (AvgIpc) is 2.83. The third kappa shape index (κ3) is 2.90. The maximum atomic E-state index is 6.24. The summed E-state index contributed by atoms with van der Waals surface area (Å²) in [5.41, 5.74) is 7.65. The van der Waals surface area contributed by atoms with Crippen LogP contribution in [0.2, 0.25) is 0 Å². The van der Waals surface area contributed by atoms with Gasteiger partial charge in [-0.2, -0.15) is 11.3 Å². The van der Waals surface area contributed by atoms with Crippen LogP contribution >= 0.6 is 11.3 Å². The van der Waals surface area contributed by atoms with Crippen molar-refractivity contribution in [1.29, 1.82) is 0 Å². The van der Waals surface area contributed by atoms with Crippen LogP contribution in [-0.4, -0.2) is 23.5 Å². The minimum Gasteiger partial charge on any atom is -0.326 e. The van der Waals surface area contributed by atoms with E-state index in [9.17, 15) is 0 Å². The van der Waals surface area contributed by atoms with Gasteiger partial charge in [0, 0.05) is 12.1 Å². The maximum absolute atomic E-state index is 6.24. The number of hydrogen-bond acceptors (Lipinski definition) is 3. The normalized spacial score (nSPS) is 25.7. The molecule has 3 unspecified atom stereocenters. The van der Waals surface area contributed by atoms with Gasteiger partial charge < -0.3 is 5.73 Å². The minimum absolute atomic E-state index is 0.205. The van der Waals surface area contributed by atoms with Crippen molar-refractivity contribution in [2.75, 3.05) is 6.54 Å². The molecule has 0 aromatic carbocycles. The zero-order chi connectivity index (χ0) is 12.3. The number of hydrogen-bond donors (Lipinski definition) is 1. The van der Waals surface area contributed by atoms with E-state index in [2.05, 4.69) is 35.6 Å². The smallest absolute Gasteiger partial charge is 0.0507 e. The fourth-order valence-corrected chi connectivity index (χ4v) is 3.76. The molecule has 3 heteroatoms. The quantitative estimate of drug-likeness (QED) is 0.890. The van der Waals surface area contributed by atoms with E-state index in [1.165, 1.54) is 37.8 Å². The van der Waals surface area contributed by atoms with Crippen LogP contribution in [0, 0.1) is 0 Å². The molecule has 96 valence electrons. The fraction of sp³-hybridized carbons (Fsp3) is 0.714. The van der Waals surface area contributed by atoms with Crippen LogP contribution in [0.25, 0.3) is 0 Å². The lowest BCUT2D eigenvalue weighted by molar-refractivity contribution is 0.0799. The summed E-state index contributed by atoms with van der Waals surface area (Å²) in [7, 11) is 0. The van der Waals surface area contributed by atoms with Gasteiger partial charge in [0.05, 0.1) is 6.04 Å². The topological polar surface area (TPSA) is 29.3 Å². The van der Waals surface area contributed by atoms with Gasteiger partial charge in [-0.1, -0.05) is 13.3 Å². The predicted octanol–water partition coefficient (Wildman–Crippen LogP) is 3.40. The van der Waals surface area contributed by atoms with Crippen molar-refractivity contribution in [3.63, 3.8) is 0 Å². The van der Waals surface area contributed by atoms with E-state index < -0.39 is 0 Å². The molecule has 0 aliphatic carbocycles. The van der Waals surface area contributed by atoms with Gasteiger partial charge in [0.25, 0.3) is 0 Å². The first-order valence-electron chi connectivity index (χ1n) is 6.77. The van der Waals surface area contributed by atoms with Crippen LogP contribution in [0.3, 0.4) is 0 Å². The standard InChI is InChI=1S/C14H24N2S/c1-3-13-6-4-5-8-16(13)14(11(2)15)12-7-9-17-10-12/h7,9-11,13-14H,3-6,8,15H2,1-2H3. The number of nitrogens with two attached hydrogens (primary N) is 1. The summed E-state index contributed by atoms with van der Waals surface area (Å²) < 4.78 is 0. The lowest BCUT2D eigenvalue weighted by atomic mass is 9.93. The molecule has 17 heavy (non-hydrogen) atoms. The van der Waals surface area contributed by atoms with Crippen molar-refractivity contribution in [2.45, 2.75) is 57.7 Å². The first-order chi connectivity index (χ1) is 8.24. The van der Waals surface area contributed by atoms with Crippen molar-refractivity contribution in [3.05, 3.63) is 22.4 Å². The first-order valence-corrected chi connectivity index (χ1v) is 7.71. The summed E-state index contributed by atoms with van der Waals surface area (Å²) in [5.74, 6) is 0. The van der Waals surface area contributed by atoms with Crippen LogP contribution in [0.15, 0.2) is 16.8 Å². The molecule has 1 fully saturated rings. The Kier molecular flexibility index (Phi) is 4.60. The second kappa shape index (κ2) is 5.98. The molecule has 0 spiro atoms. The van der Waals surface area contributed by atoms with Gasteiger partial charge in [0.15, 0.2) is 0 Å². The Hall–Kier alpha value is -0.380. The zero-order valence-electron chi connectivity index (χ0n) is 10.9. The third-order valence-corrected chi connectivity index (χ3v) is 4.59. The number of thiophene rings is 1. The highest BCUT2D eigenvalue weighted by atomic mass is 32.1. The van der Waals surface area contributed by atoms with Gasteiger partial charge in [0.1, 0.15) is 0 Å². The van der Waals surface area contributed by atoms with Crippen molar-refractivity contribution in [1.82, 2.24) is 4.90 Å². The lowest BCUT2D eigenvalue weighted by Gasteiger charge is -2.42. The molecule has 2 N–H and O–H groups in total. The van der Waals surface area contributed by atoms with Gasteiger partial charge in [0.2, 0.25) is 0 Å². The van der Waals surface area contributed by atoms with Gasteiger partial charge in [-0.3, -0.25) is 4.90 Å². The third-order valence-electron chi connectivity index (χ3n) is 3.88. The van der Waals surface area contributed by atoms with Crippen molar-refractivity contribution in [2.24, 2.45) is 5.73 Å². The van der Waals surface area contributed by atoms with Crippen LogP contribution in [0.5, 0.6) is 0 Å². The van der Waals surface area contributed by atoms with E-state index in [4.69, 9.17) is 5.73 Å². The second-order valence-corrected chi connectivity index (χ2v) is 5.94. The zero-order valence-corrected chi connectivity index (χ0v) is 11.7. The van der Waals surface area contributed by atoms with Crippen molar-refractivity contribution in [3.8, 4) is 0 Å². The Labute approximate surface area is 109 Å². The molecular weight excluding hydrogens is 228 g/mol. The fourth-order valence-electron chi connectivity index (χ4n) is 3.07. The summed E-state index contributed by atoms with van der Waals surface area (Å²) in [6, 6.07) is 3.57. The molecule has 0 saturated carbocycles. The van der Waals surface area contributed by atoms with Gasteiger partial charge in [-0.05, 0) is 55.1 Å². The summed E-state index contributed by atoms with van der Waals surface area (Å²) in [6.07, 6.45) is 5.28. The highest BCUT2D eigenvalue weighted by molar-refractivity contribution is 7.07. The number of piperidine rings is 1. The monoisotopic (exact) mass is 252 g/mol. The van der Waals surface area contributed by atoms with Gasteiger partial charge in [-0.25, -0.2) is 0 Å². The van der Waals surface area contributed by atoms with Crippen LogP contribution in [0.1, 0.15) is 51.1 Å². The Balaban J connectivity index is 2.20. The molecule has 1 aliphatic rings. The number of likely N-dealkylation sites (tertiary alicyclic amines) is 1. The summed E-state index contributed by atoms with van der Waals surface area (Å²) in [4.78, 5) is 2.65. The number of rotatable bonds is 4. The highest BCUT2D eigenvalue weighted by Gasteiger charge is 2.31. The summed E-state index contributed by atoms with van der Waals surface area (Å²) in [6.45, 7) is 5.65. The predicted molar refractivity (Wildman–Crippen MR) is 75.3 cm³/mol. The van der Waals surface area contributed by atoms with E-state index in [1.807, 2.05) is 0 Å². The van der Waals surface area contributed by atoms with Crippen LogP contribution in [-0.2, 0) is 0 Å². The molecule has 1 aromatic rings. The second-order valence-electron chi connectivity index (χ2n) is 5.16. The summed E-state index contributed by atoms with van der Waals surface area (Å²) >= 11 is 1.78. The van der Waals surface area contributed by atoms with E-state index in [-0.39, 0.29) is 6.04 Å². The number of nitrogens with zero attached hydrogens (tertiary/aromatic N) is 1. The molecule has 1 saturated heterocycles. The maximum Gasteiger partial charge on any atom is 0.0507 e. The largest absolute Gasteiger partial charge is 0.326 e. The minimum atomic E-state index is 0.205. The molecule has 2 rings (SSSR count). The van der Waals surface area contributed by atoms with Crippen LogP contribution in [0.4, 0.5) is 0 Å². The molecule has 0 radical (unpaired) electrons. The average molecular weight is 252 g/mol. The molecule has 0 bridgehead atoms. The Morgan fingerprint density at radius 1 is 1.53 bits per heavy atom. The first kappa shape index (κ1) is 13.1. The highest BCUT2D eigenvalue weighted by Crippen LogP contribution is 2.32. The molecule has 0 amide bonds. The molecular formula is C14H24N2S. The van der Waals surface area contributed by atoms with Gasteiger partial charge >= 0.3 is 0 Å². The van der Waals surface area contributed by atoms with Gasteiger partial charge in [-0.15, -0.1) is 0 Å². The lowest BCUT2D eigenvalue weighted by Crippen LogP contribution is -2.47. The van der Waals surface area contributed by atoms with Crippen molar-refractivity contribution >= 4 is 11.3 Å². The Bertz CT molecular complexity index is 321. The van der Waals surface area contributed by atoms with Crippen LogP contribution < -0.4 is 5.73 Å². The van der Waals surface area contributed by atoms with E-state index in [0.29, 0.717) is 6.04 Å². The van der Waals surface area contributed by atoms with Crippen molar-refractivity contribution < 1.29 is 0 Å². The Morgan fingerprint density at radius 2 is 2.35 bits per heavy atom. The SMILES string of the molecule is CCC1CCCCN1C(c1ccsc1)C(C)N. The molecule has 1 aliphatic heterocycles. The molecule has 2 nitrogen and oxygen atoms in total. The van der Waals surface area contributed by atoms with E-state index >= 15 is 0 Å². The molecule has 1 aromatic heterocycles. The van der Waals surface area contributed by atoms with E-state index in [1.54, 1.807) is 11.3 Å². The summed E-state index contributed by atoms with van der Waals surface area (Å²) in [5, 5.41) is 4.42.